The second kappa shape index (κ2) is 8.14. The van der Waals surface area contributed by atoms with Gasteiger partial charge in [-0.15, -0.1) is 0 Å². The van der Waals surface area contributed by atoms with E-state index in [1.165, 1.54) is 0 Å². The molecule has 2 amide bonds. The molecule has 3 aromatic rings. The number of aromatic nitrogens is 2. The van der Waals surface area contributed by atoms with E-state index in [1.54, 1.807) is 10.9 Å². The zero-order valence-electron chi connectivity index (χ0n) is 17.0. The highest BCUT2D eigenvalue weighted by atomic mass is 35.5. The maximum Gasteiger partial charge on any atom is 0.417 e. The third-order valence-corrected chi connectivity index (χ3v) is 4.78. The molecule has 0 atom stereocenters. The van der Waals surface area contributed by atoms with Crippen LogP contribution in [0.4, 0.5) is 35.0 Å². The quantitative estimate of drug-likeness (QED) is 0.414. The number of nitrogens with two attached hydrogens (primary N) is 1. The Morgan fingerprint density at radius 2 is 1.74 bits per heavy atom. The number of urea groups is 1. The number of amides is 2. The van der Waals surface area contributed by atoms with E-state index in [-0.39, 0.29) is 16.9 Å². The van der Waals surface area contributed by atoms with Gasteiger partial charge in [-0.3, -0.25) is 4.68 Å². The van der Waals surface area contributed by atoms with Crippen molar-refractivity contribution < 1.29 is 18.0 Å². The predicted octanol–water partition coefficient (Wildman–Crippen LogP) is 6.20. The molecule has 6 nitrogen and oxygen atoms in total. The highest BCUT2D eigenvalue weighted by Crippen LogP contribution is 2.39. The second-order valence-corrected chi connectivity index (χ2v) is 8.25. The lowest BCUT2D eigenvalue weighted by molar-refractivity contribution is -0.137. The van der Waals surface area contributed by atoms with Gasteiger partial charge in [-0.2, -0.15) is 18.3 Å². The minimum Gasteiger partial charge on any atom is -0.397 e. The maximum atomic E-state index is 13.2. The fraction of sp³-hybridized carbons (Fsp3) is 0.238. The Labute approximate surface area is 182 Å². The van der Waals surface area contributed by atoms with E-state index in [9.17, 15) is 18.0 Å². The Bertz CT molecular complexity index is 1100. The van der Waals surface area contributed by atoms with Crippen LogP contribution in [0.15, 0.2) is 48.7 Å². The summed E-state index contributed by atoms with van der Waals surface area (Å²) < 4.78 is 41.2. The Hall–Kier alpha value is -3.20. The Kier molecular flexibility index (Phi) is 5.91. The largest absolute Gasteiger partial charge is 0.417 e. The topological polar surface area (TPSA) is 85.0 Å². The number of nitrogens with zero attached hydrogens (tertiary/aromatic N) is 2. The van der Waals surface area contributed by atoms with Crippen LogP contribution in [-0.2, 0) is 11.7 Å². The van der Waals surface area contributed by atoms with Gasteiger partial charge in [0.05, 0.1) is 27.5 Å². The number of alkyl halides is 3. The van der Waals surface area contributed by atoms with E-state index in [4.69, 9.17) is 17.3 Å². The zero-order valence-corrected chi connectivity index (χ0v) is 17.8. The lowest BCUT2D eigenvalue weighted by atomic mass is 10.1. The standard InChI is InChI=1S/C21H21ClF3N5O/c1-20(2,3)30-11-16(18(29-30)12-7-5-4-6-8-12)28-19(31)27-13-9-14(21(23,24)25)17(22)15(26)10-13/h4-11H,26H2,1-3H3,(H2,27,28,31). The summed E-state index contributed by atoms with van der Waals surface area (Å²) in [7, 11) is 0. The van der Waals surface area contributed by atoms with Gasteiger partial charge in [0.15, 0.2) is 0 Å². The van der Waals surface area contributed by atoms with Crippen molar-refractivity contribution in [2.75, 3.05) is 16.4 Å². The minimum absolute atomic E-state index is 0.142. The summed E-state index contributed by atoms with van der Waals surface area (Å²) in [6.45, 7) is 5.86. The number of hydrogen-bond donors (Lipinski definition) is 3. The first-order chi connectivity index (χ1) is 14.4. The highest BCUT2D eigenvalue weighted by molar-refractivity contribution is 6.34. The molecule has 3 rings (SSSR count). The maximum absolute atomic E-state index is 13.2. The molecule has 164 valence electrons. The van der Waals surface area contributed by atoms with Gasteiger partial charge in [0.1, 0.15) is 5.69 Å². The zero-order chi connectivity index (χ0) is 23.0. The summed E-state index contributed by atoms with van der Waals surface area (Å²) in [5.41, 5.74) is 5.36. The lowest BCUT2D eigenvalue weighted by Crippen LogP contribution is -2.22. The molecular formula is C21H21ClF3N5O. The molecule has 10 heteroatoms. The van der Waals surface area contributed by atoms with Gasteiger partial charge >= 0.3 is 12.2 Å². The SMILES string of the molecule is CC(C)(C)n1cc(NC(=O)Nc2cc(N)c(Cl)c(C(F)(F)F)c2)c(-c2ccccc2)n1. The van der Waals surface area contributed by atoms with E-state index in [0.29, 0.717) is 11.4 Å². The van der Waals surface area contributed by atoms with Crippen molar-refractivity contribution in [3.8, 4) is 11.3 Å². The Balaban J connectivity index is 1.91. The fourth-order valence-electron chi connectivity index (χ4n) is 2.83. The summed E-state index contributed by atoms with van der Waals surface area (Å²) in [5.74, 6) is 0. The van der Waals surface area contributed by atoms with Crippen LogP contribution in [0.2, 0.25) is 5.02 Å². The summed E-state index contributed by atoms with van der Waals surface area (Å²) in [4.78, 5) is 12.6. The first-order valence-corrected chi connectivity index (χ1v) is 9.64. The van der Waals surface area contributed by atoms with Gasteiger partial charge in [-0.1, -0.05) is 41.9 Å². The summed E-state index contributed by atoms with van der Waals surface area (Å²) in [6, 6.07) is 10.4. The molecule has 0 fully saturated rings. The molecule has 1 heterocycles. The fourth-order valence-corrected chi connectivity index (χ4v) is 3.04. The molecular weight excluding hydrogens is 431 g/mol. The first kappa shape index (κ1) is 22.5. The van der Waals surface area contributed by atoms with Crippen molar-refractivity contribution in [1.29, 1.82) is 0 Å². The van der Waals surface area contributed by atoms with Gasteiger partial charge in [0.2, 0.25) is 0 Å². The van der Waals surface area contributed by atoms with Crippen LogP contribution in [-0.4, -0.2) is 15.8 Å². The van der Waals surface area contributed by atoms with Crippen LogP contribution in [0.5, 0.6) is 0 Å². The van der Waals surface area contributed by atoms with Crippen molar-refractivity contribution in [3.63, 3.8) is 0 Å². The van der Waals surface area contributed by atoms with Crippen molar-refractivity contribution in [2.24, 2.45) is 0 Å². The number of carbonyl (C=O) groups is 1. The Morgan fingerprint density at radius 3 is 2.32 bits per heavy atom. The number of anilines is 3. The first-order valence-electron chi connectivity index (χ1n) is 9.26. The van der Waals surface area contributed by atoms with Gasteiger partial charge in [0.25, 0.3) is 0 Å². The number of nitrogens with one attached hydrogen (secondary N) is 2. The molecule has 1 aromatic heterocycles. The van der Waals surface area contributed by atoms with Gasteiger partial charge in [0, 0.05) is 17.4 Å². The Morgan fingerprint density at radius 1 is 1.10 bits per heavy atom. The number of nitrogen functional groups attached to an aromatic ring is 1. The van der Waals surface area contributed by atoms with Crippen molar-refractivity contribution >= 4 is 34.7 Å². The van der Waals surface area contributed by atoms with E-state index in [1.807, 2.05) is 51.1 Å². The van der Waals surface area contributed by atoms with Crippen LogP contribution in [0.25, 0.3) is 11.3 Å². The molecule has 0 unspecified atom stereocenters. The van der Waals surface area contributed by atoms with E-state index in [2.05, 4.69) is 15.7 Å². The van der Waals surface area contributed by atoms with Gasteiger partial charge in [-0.05, 0) is 32.9 Å². The summed E-state index contributed by atoms with van der Waals surface area (Å²) >= 11 is 5.67. The van der Waals surface area contributed by atoms with E-state index < -0.39 is 22.8 Å². The predicted molar refractivity (Wildman–Crippen MR) is 116 cm³/mol. The van der Waals surface area contributed by atoms with Crippen LogP contribution in [0.3, 0.4) is 0 Å². The monoisotopic (exact) mass is 451 g/mol. The molecule has 0 bridgehead atoms. The number of halogens is 4. The van der Waals surface area contributed by atoms with Crippen LogP contribution in [0.1, 0.15) is 26.3 Å². The van der Waals surface area contributed by atoms with Gasteiger partial charge < -0.3 is 16.4 Å². The molecule has 0 aliphatic carbocycles. The second-order valence-electron chi connectivity index (χ2n) is 7.88. The molecule has 4 N–H and O–H groups in total. The molecule has 0 radical (unpaired) electrons. The van der Waals surface area contributed by atoms with Crippen molar-refractivity contribution in [3.05, 3.63) is 59.2 Å². The summed E-state index contributed by atoms with van der Waals surface area (Å²) in [6.07, 6.45) is -3.05. The highest BCUT2D eigenvalue weighted by Gasteiger charge is 2.34. The van der Waals surface area contributed by atoms with E-state index >= 15 is 0 Å². The molecule has 0 saturated heterocycles. The molecule has 0 aliphatic heterocycles. The van der Waals surface area contributed by atoms with Crippen LogP contribution < -0.4 is 16.4 Å². The average Bonchev–Trinajstić information content (AvgIpc) is 3.08. The molecule has 0 aliphatic rings. The van der Waals surface area contributed by atoms with Crippen LogP contribution in [0, 0.1) is 0 Å². The normalized spacial score (nSPS) is 12.0. The van der Waals surface area contributed by atoms with Gasteiger partial charge in [-0.25, -0.2) is 4.79 Å². The third kappa shape index (κ3) is 5.11. The van der Waals surface area contributed by atoms with E-state index in [0.717, 1.165) is 17.7 Å². The average molecular weight is 452 g/mol. The molecule has 0 spiro atoms. The molecule has 31 heavy (non-hydrogen) atoms. The molecule has 0 saturated carbocycles. The number of carbonyl (C=O) groups excluding carboxylic acids is 1. The van der Waals surface area contributed by atoms with Crippen molar-refractivity contribution in [1.82, 2.24) is 9.78 Å². The number of hydrogen-bond acceptors (Lipinski definition) is 3. The van der Waals surface area contributed by atoms with Crippen molar-refractivity contribution in [2.45, 2.75) is 32.5 Å². The number of benzene rings is 2. The smallest absolute Gasteiger partial charge is 0.397 e. The third-order valence-electron chi connectivity index (χ3n) is 4.36. The molecule has 2 aromatic carbocycles. The minimum atomic E-state index is -4.71. The van der Waals surface area contributed by atoms with Crippen LogP contribution >= 0.6 is 11.6 Å². The number of rotatable bonds is 3. The summed E-state index contributed by atoms with van der Waals surface area (Å²) in [5, 5.41) is 8.98. The lowest BCUT2D eigenvalue weighted by Gasteiger charge is -2.18.